The van der Waals surface area contributed by atoms with E-state index in [9.17, 15) is 14.4 Å². The van der Waals surface area contributed by atoms with E-state index in [4.69, 9.17) is 4.42 Å². The van der Waals surface area contributed by atoms with Crippen molar-refractivity contribution >= 4 is 23.4 Å². The Morgan fingerprint density at radius 1 is 1.07 bits per heavy atom. The lowest BCUT2D eigenvalue weighted by molar-refractivity contribution is -0.140. The van der Waals surface area contributed by atoms with Crippen LogP contribution in [0.1, 0.15) is 38.0 Å². The van der Waals surface area contributed by atoms with Crippen molar-refractivity contribution in [3.05, 3.63) is 54.0 Å². The van der Waals surface area contributed by atoms with Gasteiger partial charge in [0.1, 0.15) is 12.3 Å². The lowest BCUT2D eigenvalue weighted by Crippen LogP contribution is -2.44. The van der Waals surface area contributed by atoms with E-state index in [1.54, 1.807) is 18.2 Å². The fourth-order valence-electron chi connectivity index (χ4n) is 3.03. The highest BCUT2D eigenvalue weighted by atomic mass is 16.3. The fourth-order valence-corrected chi connectivity index (χ4v) is 3.03. The van der Waals surface area contributed by atoms with Crippen molar-refractivity contribution < 1.29 is 18.8 Å². The number of nitrogens with one attached hydrogen (secondary N) is 2. The third-order valence-electron chi connectivity index (χ3n) is 4.66. The summed E-state index contributed by atoms with van der Waals surface area (Å²) in [6, 6.07) is 10.9. The molecule has 0 saturated carbocycles. The summed E-state index contributed by atoms with van der Waals surface area (Å²) in [7, 11) is 0. The van der Waals surface area contributed by atoms with E-state index >= 15 is 0 Å². The number of rotatable bonds is 10. The van der Waals surface area contributed by atoms with E-state index < -0.39 is 5.91 Å². The highest BCUT2D eigenvalue weighted by molar-refractivity contribution is 5.95. The summed E-state index contributed by atoms with van der Waals surface area (Å²) >= 11 is 0. The quantitative estimate of drug-likeness (QED) is 0.642. The minimum absolute atomic E-state index is 0.0919. The van der Waals surface area contributed by atoms with Crippen molar-refractivity contribution in [1.29, 1.82) is 0 Å². The van der Waals surface area contributed by atoms with Crippen LogP contribution in [0.4, 0.5) is 5.69 Å². The van der Waals surface area contributed by atoms with Crippen molar-refractivity contribution in [1.82, 2.24) is 10.2 Å². The molecule has 7 nitrogen and oxygen atoms in total. The van der Waals surface area contributed by atoms with Gasteiger partial charge in [0.25, 0.3) is 0 Å². The fraction of sp³-hybridized carbons (Fsp3) is 0.409. The van der Waals surface area contributed by atoms with Crippen LogP contribution in [0.25, 0.3) is 0 Å². The zero-order valence-corrected chi connectivity index (χ0v) is 17.2. The molecule has 3 amide bonds. The molecule has 1 aromatic heterocycles. The van der Waals surface area contributed by atoms with Crippen molar-refractivity contribution in [2.24, 2.45) is 5.92 Å². The van der Waals surface area contributed by atoms with Gasteiger partial charge in [-0.15, -0.1) is 0 Å². The highest BCUT2D eigenvalue weighted by Gasteiger charge is 2.24. The Kier molecular flexibility index (Phi) is 8.45. The Hall–Kier alpha value is -3.09. The standard InChI is InChI=1S/C22H29N3O4/c1-4-17(5-2)22(28)25(14-19-10-7-11-29-19)15-21(27)23-13-20(26)24-18-9-6-8-16(3)12-18/h6-12,17H,4-5,13-15H2,1-3H3,(H,23,27)(H,24,26). The summed E-state index contributed by atoms with van der Waals surface area (Å²) in [6.07, 6.45) is 2.93. The Labute approximate surface area is 171 Å². The predicted octanol–water partition coefficient (Wildman–Crippen LogP) is 3.11. The summed E-state index contributed by atoms with van der Waals surface area (Å²) in [4.78, 5) is 38.7. The van der Waals surface area contributed by atoms with E-state index in [2.05, 4.69) is 10.6 Å². The van der Waals surface area contributed by atoms with Gasteiger partial charge in [0.05, 0.1) is 19.4 Å². The molecule has 1 heterocycles. The van der Waals surface area contributed by atoms with E-state index in [1.165, 1.54) is 11.2 Å². The zero-order valence-electron chi connectivity index (χ0n) is 17.2. The average molecular weight is 399 g/mol. The number of aryl methyl sites for hydroxylation is 1. The van der Waals surface area contributed by atoms with Crippen LogP contribution in [-0.2, 0) is 20.9 Å². The third kappa shape index (κ3) is 7.10. The van der Waals surface area contributed by atoms with E-state index in [-0.39, 0.29) is 37.4 Å². The molecule has 0 fully saturated rings. The van der Waals surface area contributed by atoms with E-state index in [1.807, 2.05) is 39.0 Å². The lowest BCUT2D eigenvalue weighted by Gasteiger charge is -2.25. The molecule has 0 radical (unpaired) electrons. The molecule has 0 saturated heterocycles. The Balaban J connectivity index is 1.92. The predicted molar refractivity (Wildman–Crippen MR) is 111 cm³/mol. The zero-order chi connectivity index (χ0) is 21.2. The van der Waals surface area contributed by atoms with Crippen molar-refractivity contribution in [2.45, 2.75) is 40.2 Å². The van der Waals surface area contributed by atoms with Gasteiger partial charge < -0.3 is 20.0 Å². The molecule has 0 aliphatic heterocycles. The first kappa shape index (κ1) is 22.2. The van der Waals surface area contributed by atoms with E-state index in [0.29, 0.717) is 24.3 Å². The van der Waals surface area contributed by atoms with E-state index in [0.717, 1.165) is 5.56 Å². The molecule has 0 spiro atoms. The van der Waals surface area contributed by atoms with Gasteiger partial charge in [-0.05, 0) is 49.6 Å². The summed E-state index contributed by atoms with van der Waals surface area (Å²) < 4.78 is 5.33. The van der Waals surface area contributed by atoms with Gasteiger partial charge in [0, 0.05) is 11.6 Å². The molecule has 0 atom stereocenters. The van der Waals surface area contributed by atoms with Gasteiger partial charge in [-0.25, -0.2) is 0 Å². The first-order chi connectivity index (χ1) is 13.9. The first-order valence-corrected chi connectivity index (χ1v) is 9.87. The number of amides is 3. The van der Waals surface area contributed by atoms with Gasteiger partial charge in [-0.3, -0.25) is 14.4 Å². The summed E-state index contributed by atoms with van der Waals surface area (Å²) in [6.45, 7) is 5.75. The molecule has 7 heteroatoms. The summed E-state index contributed by atoms with van der Waals surface area (Å²) in [5, 5.41) is 5.32. The van der Waals surface area contributed by atoms with Gasteiger partial charge >= 0.3 is 0 Å². The number of anilines is 1. The monoisotopic (exact) mass is 399 g/mol. The van der Waals surface area contributed by atoms with Gasteiger partial charge in [0.2, 0.25) is 17.7 Å². The summed E-state index contributed by atoms with van der Waals surface area (Å²) in [5.74, 6) is -0.356. The van der Waals surface area contributed by atoms with Gasteiger partial charge in [-0.2, -0.15) is 0 Å². The average Bonchev–Trinajstić information content (AvgIpc) is 3.20. The number of benzene rings is 1. The number of carbonyl (C=O) groups excluding carboxylic acids is 3. The number of furan rings is 1. The lowest BCUT2D eigenvalue weighted by atomic mass is 10.0. The molecular weight excluding hydrogens is 370 g/mol. The van der Waals surface area contributed by atoms with Gasteiger partial charge in [-0.1, -0.05) is 26.0 Å². The Bertz CT molecular complexity index is 813. The van der Waals surface area contributed by atoms with Crippen LogP contribution < -0.4 is 10.6 Å². The molecule has 0 bridgehead atoms. The second kappa shape index (κ2) is 11.0. The van der Waals surface area contributed by atoms with Crippen LogP contribution in [0.3, 0.4) is 0 Å². The SMILES string of the molecule is CCC(CC)C(=O)N(CC(=O)NCC(=O)Nc1cccc(C)c1)Cc1ccco1. The van der Waals surface area contributed by atoms with Crippen LogP contribution in [0.2, 0.25) is 0 Å². The molecule has 2 N–H and O–H groups in total. The van der Waals surface area contributed by atoms with Crippen molar-refractivity contribution in [3.8, 4) is 0 Å². The van der Waals surface area contributed by atoms with Gasteiger partial charge in [0.15, 0.2) is 0 Å². The van der Waals surface area contributed by atoms with Crippen molar-refractivity contribution in [3.63, 3.8) is 0 Å². The second-order valence-electron chi connectivity index (χ2n) is 6.98. The number of hydrogen-bond donors (Lipinski definition) is 2. The minimum atomic E-state index is -0.393. The van der Waals surface area contributed by atoms with Crippen LogP contribution in [0.15, 0.2) is 47.1 Å². The minimum Gasteiger partial charge on any atom is -0.467 e. The molecule has 2 rings (SSSR count). The largest absolute Gasteiger partial charge is 0.467 e. The molecule has 1 aromatic carbocycles. The summed E-state index contributed by atoms with van der Waals surface area (Å²) in [5.41, 5.74) is 1.70. The maximum absolute atomic E-state index is 12.8. The van der Waals surface area contributed by atoms with Crippen LogP contribution >= 0.6 is 0 Å². The molecule has 2 aromatic rings. The van der Waals surface area contributed by atoms with Crippen molar-refractivity contribution in [2.75, 3.05) is 18.4 Å². The maximum atomic E-state index is 12.8. The normalized spacial score (nSPS) is 10.6. The van der Waals surface area contributed by atoms with Crippen LogP contribution in [-0.4, -0.2) is 35.7 Å². The van der Waals surface area contributed by atoms with Crippen LogP contribution in [0, 0.1) is 12.8 Å². The Morgan fingerprint density at radius 3 is 2.45 bits per heavy atom. The molecular formula is C22H29N3O4. The first-order valence-electron chi connectivity index (χ1n) is 9.87. The van der Waals surface area contributed by atoms with Crippen LogP contribution in [0.5, 0.6) is 0 Å². The third-order valence-corrected chi connectivity index (χ3v) is 4.66. The molecule has 29 heavy (non-hydrogen) atoms. The number of carbonyl (C=O) groups is 3. The number of nitrogens with zero attached hydrogens (tertiary/aromatic N) is 1. The number of hydrogen-bond acceptors (Lipinski definition) is 4. The molecule has 0 aliphatic carbocycles. The smallest absolute Gasteiger partial charge is 0.243 e. The topological polar surface area (TPSA) is 91.7 Å². The Morgan fingerprint density at radius 2 is 1.83 bits per heavy atom. The second-order valence-corrected chi connectivity index (χ2v) is 6.98. The molecule has 0 aliphatic rings. The molecule has 0 unspecified atom stereocenters. The highest BCUT2D eigenvalue weighted by Crippen LogP contribution is 2.15. The molecule has 156 valence electrons. The maximum Gasteiger partial charge on any atom is 0.243 e.